The van der Waals surface area contributed by atoms with Crippen molar-refractivity contribution in [1.82, 2.24) is 15.1 Å². The summed E-state index contributed by atoms with van der Waals surface area (Å²) in [5.41, 5.74) is 2.75. The lowest BCUT2D eigenvalue weighted by atomic mass is 10.00. The second kappa shape index (κ2) is 11.8. The van der Waals surface area contributed by atoms with E-state index in [4.69, 9.17) is 4.74 Å². The minimum atomic E-state index is -0.127. The molecule has 0 bridgehead atoms. The Hall–Kier alpha value is -3.22. The summed E-state index contributed by atoms with van der Waals surface area (Å²) in [6.45, 7) is 7.55. The van der Waals surface area contributed by atoms with Gasteiger partial charge in [0.2, 0.25) is 0 Å². The van der Waals surface area contributed by atoms with Gasteiger partial charge in [-0.3, -0.25) is 9.69 Å². The first-order valence-corrected chi connectivity index (χ1v) is 12.0. The van der Waals surface area contributed by atoms with Gasteiger partial charge in [-0.25, -0.2) is 4.79 Å². The minimum absolute atomic E-state index is 0.0816. The maximum atomic E-state index is 13.4. The summed E-state index contributed by atoms with van der Waals surface area (Å²) in [6.07, 6.45) is 1.73. The Bertz CT molecular complexity index is 1090. The smallest absolute Gasteiger partial charge is 0.318 e. The predicted octanol–water partition coefficient (Wildman–Crippen LogP) is 4.65. The molecule has 6 nitrogen and oxygen atoms in total. The van der Waals surface area contributed by atoms with Crippen molar-refractivity contribution < 1.29 is 14.3 Å². The first-order valence-electron chi connectivity index (χ1n) is 12.0. The SMILES string of the molecule is CC(NC(=O)N(CCCN1CCOCC1)Cc1ccc(C=O)cc1)c1cccc2ccccc12. The quantitative estimate of drug-likeness (QED) is 0.473. The monoisotopic (exact) mass is 459 g/mol. The van der Waals surface area contributed by atoms with Gasteiger partial charge in [0, 0.05) is 38.3 Å². The van der Waals surface area contributed by atoms with E-state index in [-0.39, 0.29) is 12.1 Å². The van der Waals surface area contributed by atoms with Crippen molar-refractivity contribution in [3.05, 3.63) is 83.4 Å². The number of ether oxygens (including phenoxy) is 1. The van der Waals surface area contributed by atoms with E-state index in [1.165, 1.54) is 5.39 Å². The van der Waals surface area contributed by atoms with Crippen LogP contribution in [0.25, 0.3) is 10.8 Å². The van der Waals surface area contributed by atoms with E-state index in [0.717, 1.165) is 62.1 Å². The normalized spacial score (nSPS) is 15.1. The third-order valence-electron chi connectivity index (χ3n) is 6.41. The first kappa shape index (κ1) is 23.9. The number of morpholine rings is 1. The highest BCUT2D eigenvalue weighted by Gasteiger charge is 2.19. The molecule has 0 saturated carbocycles. The molecule has 3 aromatic carbocycles. The Morgan fingerprint density at radius 3 is 2.56 bits per heavy atom. The molecule has 1 heterocycles. The summed E-state index contributed by atoms with van der Waals surface area (Å²) < 4.78 is 5.44. The van der Waals surface area contributed by atoms with E-state index >= 15 is 0 Å². The van der Waals surface area contributed by atoms with Crippen LogP contribution in [0.15, 0.2) is 66.7 Å². The summed E-state index contributed by atoms with van der Waals surface area (Å²) in [4.78, 5) is 28.7. The number of benzene rings is 3. The fourth-order valence-corrected chi connectivity index (χ4v) is 4.47. The van der Waals surface area contributed by atoms with E-state index in [2.05, 4.69) is 34.5 Å². The van der Waals surface area contributed by atoms with E-state index in [1.54, 1.807) is 12.1 Å². The molecular weight excluding hydrogens is 426 g/mol. The zero-order valence-corrected chi connectivity index (χ0v) is 19.8. The number of carbonyl (C=O) groups excluding carboxylic acids is 2. The molecule has 0 aromatic heterocycles. The van der Waals surface area contributed by atoms with Gasteiger partial charge in [0.1, 0.15) is 6.29 Å². The molecule has 4 rings (SSSR count). The van der Waals surface area contributed by atoms with Gasteiger partial charge in [0.25, 0.3) is 0 Å². The number of urea groups is 1. The molecule has 3 aromatic rings. The summed E-state index contributed by atoms with van der Waals surface area (Å²) in [7, 11) is 0. The largest absolute Gasteiger partial charge is 0.379 e. The van der Waals surface area contributed by atoms with E-state index in [9.17, 15) is 9.59 Å². The van der Waals surface area contributed by atoms with Crippen LogP contribution in [0, 0.1) is 0 Å². The molecule has 1 unspecified atom stereocenters. The number of rotatable bonds is 9. The lowest BCUT2D eigenvalue weighted by Gasteiger charge is -2.29. The molecule has 0 radical (unpaired) electrons. The summed E-state index contributed by atoms with van der Waals surface area (Å²) in [5.74, 6) is 0. The fourth-order valence-electron chi connectivity index (χ4n) is 4.47. The van der Waals surface area contributed by atoms with Crippen molar-refractivity contribution in [2.24, 2.45) is 0 Å². The van der Waals surface area contributed by atoms with Gasteiger partial charge in [0.05, 0.1) is 19.3 Å². The third-order valence-corrected chi connectivity index (χ3v) is 6.41. The van der Waals surface area contributed by atoms with Crippen molar-refractivity contribution in [2.75, 3.05) is 39.4 Å². The third kappa shape index (κ3) is 6.22. The van der Waals surface area contributed by atoms with E-state index < -0.39 is 0 Å². The van der Waals surface area contributed by atoms with E-state index in [1.807, 2.05) is 42.2 Å². The van der Waals surface area contributed by atoms with Gasteiger partial charge < -0.3 is 15.0 Å². The molecular formula is C28H33N3O3. The number of nitrogens with zero attached hydrogens (tertiary/aromatic N) is 2. The highest BCUT2D eigenvalue weighted by Crippen LogP contribution is 2.24. The molecule has 1 atom stereocenters. The summed E-state index contributed by atoms with van der Waals surface area (Å²) in [5, 5.41) is 5.54. The van der Waals surface area contributed by atoms with Gasteiger partial charge in [-0.2, -0.15) is 0 Å². The Morgan fingerprint density at radius 2 is 1.79 bits per heavy atom. The number of carbonyl (C=O) groups is 2. The van der Waals surface area contributed by atoms with Crippen LogP contribution in [-0.2, 0) is 11.3 Å². The lowest BCUT2D eigenvalue weighted by molar-refractivity contribution is 0.0364. The zero-order valence-electron chi connectivity index (χ0n) is 19.8. The van der Waals surface area contributed by atoms with Gasteiger partial charge in [-0.15, -0.1) is 0 Å². The molecule has 1 saturated heterocycles. The number of aldehydes is 1. The van der Waals surface area contributed by atoms with Crippen LogP contribution >= 0.6 is 0 Å². The van der Waals surface area contributed by atoms with Crippen molar-refractivity contribution in [2.45, 2.75) is 25.9 Å². The number of fused-ring (bicyclic) bond motifs is 1. The summed E-state index contributed by atoms with van der Waals surface area (Å²) in [6, 6.07) is 21.7. The maximum absolute atomic E-state index is 13.4. The van der Waals surface area contributed by atoms with Crippen LogP contribution in [0.4, 0.5) is 4.79 Å². The average molecular weight is 460 g/mol. The zero-order chi connectivity index (χ0) is 23.8. The van der Waals surface area contributed by atoms with Crippen LogP contribution < -0.4 is 5.32 Å². The Balaban J connectivity index is 1.45. The second-order valence-electron chi connectivity index (χ2n) is 8.83. The molecule has 1 N–H and O–H groups in total. The van der Waals surface area contributed by atoms with Crippen LogP contribution in [0.3, 0.4) is 0 Å². The Kier molecular flexibility index (Phi) is 8.28. The Morgan fingerprint density at radius 1 is 1.06 bits per heavy atom. The fraction of sp³-hybridized carbons (Fsp3) is 0.357. The number of amides is 2. The van der Waals surface area contributed by atoms with Crippen LogP contribution in [-0.4, -0.2) is 61.5 Å². The molecule has 34 heavy (non-hydrogen) atoms. The highest BCUT2D eigenvalue weighted by atomic mass is 16.5. The molecule has 1 fully saturated rings. The van der Waals surface area contributed by atoms with Gasteiger partial charge in [-0.05, 0) is 35.2 Å². The minimum Gasteiger partial charge on any atom is -0.379 e. The predicted molar refractivity (Wildman–Crippen MR) is 135 cm³/mol. The molecule has 1 aliphatic heterocycles. The Labute approximate surface area is 201 Å². The van der Waals surface area contributed by atoms with E-state index in [0.29, 0.717) is 18.7 Å². The highest BCUT2D eigenvalue weighted by molar-refractivity contribution is 5.86. The topological polar surface area (TPSA) is 61.9 Å². The second-order valence-corrected chi connectivity index (χ2v) is 8.83. The molecule has 1 aliphatic rings. The molecule has 6 heteroatoms. The number of hydrogen-bond acceptors (Lipinski definition) is 4. The van der Waals surface area contributed by atoms with Crippen molar-refractivity contribution >= 4 is 23.1 Å². The van der Waals surface area contributed by atoms with Crippen LogP contribution in [0.2, 0.25) is 0 Å². The number of nitrogens with one attached hydrogen (secondary N) is 1. The molecule has 178 valence electrons. The standard InChI is InChI=1S/C28H33N3O3/c1-22(26-9-4-7-25-6-2-3-8-27(25)26)29-28(33)31(15-5-14-30-16-18-34-19-17-30)20-23-10-12-24(21-32)13-11-23/h2-4,6-13,21-22H,5,14-20H2,1H3,(H,29,33). The van der Waals surface area contributed by atoms with Gasteiger partial charge in [-0.1, -0.05) is 66.7 Å². The molecule has 2 amide bonds. The first-order chi connectivity index (χ1) is 16.6. The summed E-state index contributed by atoms with van der Waals surface area (Å²) >= 11 is 0. The molecule has 0 spiro atoms. The van der Waals surface area contributed by atoms with Crippen LogP contribution in [0.5, 0.6) is 0 Å². The van der Waals surface area contributed by atoms with Gasteiger partial charge in [0.15, 0.2) is 0 Å². The van der Waals surface area contributed by atoms with Gasteiger partial charge >= 0.3 is 6.03 Å². The van der Waals surface area contributed by atoms with Crippen LogP contribution in [0.1, 0.15) is 40.9 Å². The maximum Gasteiger partial charge on any atom is 0.318 e. The van der Waals surface area contributed by atoms with Crippen molar-refractivity contribution in [3.63, 3.8) is 0 Å². The number of hydrogen-bond donors (Lipinski definition) is 1. The van der Waals surface area contributed by atoms with Crippen molar-refractivity contribution in [1.29, 1.82) is 0 Å². The average Bonchev–Trinajstić information content (AvgIpc) is 2.88. The van der Waals surface area contributed by atoms with Crippen molar-refractivity contribution in [3.8, 4) is 0 Å². The lowest BCUT2D eigenvalue weighted by Crippen LogP contribution is -2.43. The molecule has 0 aliphatic carbocycles.